The highest BCUT2D eigenvalue weighted by Crippen LogP contribution is 2.25. The Bertz CT molecular complexity index is 1170. The van der Waals surface area contributed by atoms with E-state index in [9.17, 15) is 0 Å². The van der Waals surface area contributed by atoms with Gasteiger partial charge in [-0.3, -0.25) is 9.80 Å². The fourth-order valence-corrected chi connectivity index (χ4v) is 7.40. The quantitative estimate of drug-likeness (QED) is 0.0875. The molecule has 1 aliphatic rings. The van der Waals surface area contributed by atoms with Crippen LogP contribution in [0.4, 0.5) is 0 Å². The monoisotopic (exact) mass is 648 g/mol. The standard InChI is InChI=1S/C38H56N4OS2/c1-39(2)21-7-22-40(3)23-9-31-45-38-19-17-36(18-20-38)35-15-13-34(14-16-35)33-42(25-8-24-41-27-29-43-30-28-41)26-10-32-44-37-11-5-4-6-12-37/h4-6,11-20H,7-10,21-33H2,1-3H3. The maximum absolute atomic E-state index is 5.54. The molecular weight excluding hydrogens is 593 g/mol. The van der Waals surface area contributed by atoms with Gasteiger partial charge in [0.2, 0.25) is 0 Å². The molecule has 0 saturated carbocycles. The van der Waals surface area contributed by atoms with E-state index in [1.807, 2.05) is 23.5 Å². The zero-order valence-electron chi connectivity index (χ0n) is 28.0. The molecule has 0 atom stereocenters. The third-order valence-electron chi connectivity index (χ3n) is 8.33. The SMILES string of the molecule is CN(C)CCCN(C)CCCSc1ccc(-c2ccc(CN(CCCSc3ccccc3)CCCN3CCOCC3)cc2)cc1. The van der Waals surface area contributed by atoms with E-state index in [1.54, 1.807) is 0 Å². The van der Waals surface area contributed by atoms with Crippen molar-refractivity contribution in [2.24, 2.45) is 0 Å². The summed E-state index contributed by atoms with van der Waals surface area (Å²) in [6.07, 6.45) is 4.87. The van der Waals surface area contributed by atoms with Crippen LogP contribution in [-0.2, 0) is 11.3 Å². The van der Waals surface area contributed by atoms with E-state index in [0.717, 1.165) is 58.2 Å². The molecule has 0 unspecified atom stereocenters. The minimum Gasteiger partial charge on any atom is -0.379 e. The highest BCUT2D eigenvalue weighted by Gasteiger charge is 2.12. The largest absolute Gasteiger partial charge is 0.379 e. The number of thioether (sulfide) groups is 2. The van der Waals surface area contributed by atoms with E-state index in [1.165, 1.54) is 77.6 Å². The van der Waals surface area contributed by atoms with E-state index >= 15 is 0 Å². The van der Waals surface area contributed by atoms with Gasteiger partial charge in [-0.1, -0.05) is 54.6 Å². The van der Waals surface area contributed by atoms with Crippen molar-refractivity contribution in [3.63, 3.8) is 0 Å². The average molecular weight is 649 g/mol. The first-order valence-electron chi connectivity index (χ1n) is 16.9. The second-order valence-electron chi connectivity index (χ2n) is 12.5. The van der Waals surface area contributed by atoms with E-state index in [-0.39, 0.29) is 0 Å². The van der Waals surface area contributed by atoms with Gasteiger partial charge < -0.3 is 14.5 Å². The first-order valence-corrected chi connectivity index (χ1v) is 18.9. The molecule has 3 aromatic rings. The van der Waals surface area contributed by atoms with Gasteiger partial charge >= 0.3 is 0 Å². The van der Waals surface area contributed by atoms with Gasteiger partial charge in [-0.2, -0.15) is 0 Å². The molecule has 0 aliphatic carbocycles. The fraction of sp³-hybridized carbons (Fsp3) is 0.526. The van der Waals surface area contributed by atoms with Crippen molar-refractivity contribution in [3.05, 3.63) is 84.4 Å². The van der Waals surface area contributed by atoms with Crippen LogP contribution >= 0.6 is 23.5 Å². The van der Waals surface area contributed by atoms with Crippen LogP contribution < -0.4 is 0 Å². The summed E-state index contributed by atoms with van der Waals surface area (Å²) in [5.41, 5.74) is 4.00. The molecule has 4 rings (SSSR count). The van der Waals surface area contributed by atoms with Gasteiger partial charge in [0.25, 0.3) is 0 Å². The number of hydrogen-bond acceptors (Lipinski definition) is 7. The van der Waals surface area contributed by atoms with Crippen molar-refractivity contribution < 1.29 is 4.74 Å². The summed E-state index contributed by atoms with van der Waals surface area (Å²) in [6.45, 7) is 11.9. The number of morpholine rings is 1. The molecular formula is C38H56N4OS2. The average Bonchev–Trinajstić information content (AvgIpc) is 3.06. The van der Waals surface area contributed by atoms with Gasteiger partial charge in [0, 0.05) is 29.4 Å². The molecule has 45 heavy (non-hydrogen) atoms. The number of benzene rings is 3. The van der Waals surface area contributed by atoms with Crippen LogP contribution in [0.15, 0.2) is 88.7 Å². The molecule has 3 aromatic carbocycles. The summed E-state index contributed by atoms with van der Waals surface area (Å²) in [4.78, 5) is 12.7. The minimum absolute atomic E-state index is 0.879. The Kier molecular flexibility index (Phi) is 16.9. The molecule has 5 nitrogen and oxygen atoms in total. The number of ether oxygens (including phenoxy) is 1. The zero-order valence-corrected chi connectivity index (χ0v) is 29.7. The highest BCUT2D eigenvalue weighted by atomic mass is 32.2. The second kappa shape index (κ2) is 21.1. The lowest BCUT2D eigenvalue weighted by Gasteiger charge is -2.28. The summed E-state index contributed by atoms with van der Waals surface area (Å²) >= 11 is 3.95. The molecule has 0 radical (unpaired) electrons. The van der Waals surface area contributed by atoms with Crippen molar-refractivity contribution in [1.29, 1.82) is 0 Å². The van der Waals surface area contributed by atoms with Gasteiger partial charge in [-0.25, -0.2) is 0 Å². The molecule has 1 fully saturated rings. The number of rotatable bonds is 21. The first kappa shape index (κ1) is 36.0. The van der Waals surface area contributed by atoms with E-state index in [2.05, 4.69) is 120 Å². The van der Waals surface area contributed by atoms with E-state index in [4.69, 9.17) is 4.74 Å². The Labute approximate surface area is 282 Å². The highest BCUT2D eigenvalue weighted by molar-refractivity contribution is 7.99. The van der Waals surface area contributed by atoms with Crippen LogP contribution in [0.25, 0.3) is 11.1 Å². The zero-order chi connectivity index (χ0) is 31.5. The van der Waals surface area contributed by atoms with E-state index in [0.29, 0.717) is 0 Å². The normalized spacial score (nSPS) is 14.2. The minimum atomic E-state index is 0.879. The Morgan fingerprint density at radius 3 is 1.87 bits per heavy atom. The molecule has 0 aromatic heterocycles. The van der Waals surface area contributed by atoms with Crippen LogP contribution in [0.3, 0.4) is 0 Å². The molecule has 1 aliphatic heterocycles. The predicted molar refractivity (Wildman–Crippen MR) is 197 cm³/mol. The fourth-order valence-electron chi connectivity index (χ4n) is 5.71. The van der Waals surface area contributed by atoms with Gasteiger partial charge in [-0.05, 0) is 139 Å². The van der Waals surface area contributed by atoms with Crippen molar-refractivity contribution in [1.82, 2.24) is 19.6 Å². The van der Waals surface area contributed by atoms with Gasteiger partial charge in [0.05, 0.1) is 13.2 Å². The number of nitrogens with zero attached hydrogens (tertiary/aromatic N) is 4. The van der Waals surface area contributed by atoms with Crippen LogP contribution in [0.5, 0.6) is 0 Å². The Hall–Kier alpha value is -1.84. The second-order valence-corrected chi connectivity index (χ2v) is 14.8. The summed E-state index contributed by atoms with van der Waals surface area (Å²) in [6, 6.07) is 29.2. The lowest BCUT2D eigenvalue weighted by Crippen LogP contribution is -2.38. The van der Waals surface area contributed by atoms with Crippen LogP contribution in [-0.4, -0.2) is 118 Å². The Morgan fingerprint density at radius 2 is 1.20 bits per heavy atom. The van der Waals surface area contributed by atoms with Gasteiger partial charge in [0.15, 0.2) is 0 Å². The van der Waals surface area contributed by atoms with Crippen LogP contribution in [0.1, 0.15) is 31.2 Å². The summed E-state index contributed by atoms with van der Waals surface area (Å²) in [5.74, 6) is 2.32. The summed E-state index contributed by atoms with van der Waals surface area (Å²) < 4.78 is 5.54. The van der Waals surface area contributed by atoms with Crippen LogP contribution in [0.2, 0.25) is 0 Å². The molecule has 1 heterocycles. The lowest BCUT2D eigenvalue weighted by atomic mass is 10.0. The third-order valence-corrected chi connectivity index (χ3v) is 10.5. The van der Waals surface area contributed by atoms with Crippen molar-refractivity contribution in [3.8, 4) is 11.1 Å². The topological polar surface area (TPSA) is 22.2 Å². The van der Waals surface area contributed by atoms with Crippen LogP contribution in [0, 0.1) is 0 Å². The first-order chi connectivity index (χ1) is 22.0. The molecule has 0 N–H and O–H groups in total. The van der Waals surface area contributed by atoms with Gasteiger partial charge in [-0.15, -0.1) is 23.5 Å². The van der Waals surface area contributed by atoms with Gasteiger partial charge in [0.1, 0.15) is 0 Å². The molecule has 0 amide bonds. The lowest BCUT2D eigenvalue weighted by molar-refractivity contribution is 0.0360. The maximum Gasteiger partial charge on any atom is 0.0594 e. The summed E-state index contributed by atoms with van der Waals surface area (Å²) in [7, 11) is 6.55. The molecule has 1 saturated heterocycles. The van der Waals surface area contributed by atoms with Crippen molar-refractivity contribution >= 4 is 23.5 Å². The third kappa shape index (κ3) is 14.6. The van der Waals surface area contributed by atoms with E-state index < -0.39 is 0 Å². The smallest absolute Gasteiger partial charge is 0.0594 e. The Morgan fingerprint density at radius 1 is 0.622 bits per heavy atom. The number of hydrogen-bond donors (Lipinski definition) is 0. The van der Waals surface area contributed by atoms with Crippen molar-refractivity contribution in [2.45, 2.75) is 42.0 Å². The molecule has 0 spiro atoms. The molecule has 0 bridgehead atoms. The molecule has 246 valence electrons. The maximum atomic E-state index is 5.54. The molecule has 7 heteroatoms. The predicted octanol–water partition coefficient (Wildman–Crippen LogP) is 7.43. The summed E-state index contributed by atoms with van der Waals surface area (Å²) in [5, 5.41) is 0. The van der Waals surface area contributed by atoms with Crippen molar-refractivity contribution in [2.75, 3.05) is 98.2 Å². The Balaban J connectivity index is 1.21.